The zero-order valence-electron chi connectivity index (χ0n) is 9.09. The number of nitrogens with one attached hydrogen (secondary N) is 1. The Morgan fingerprint density at radius 3 is 2.43 bits per heavy atom. The van der Waals surface area contributed by atoms with Gasteiger partial charge >= 0.3 is 0 Å². The highest BCUT2D eigenvalue weighted by atomic mass is 16.1. The predicted molar refractivity (Wildman–Crippen MR) is 56.9 cm³/mol. The molecule has 0 bridgehead atoms. The van der Waals surface area contributed by atoms with E-state index in [0.29, 0.717) is 17.9 Å². The van der Waals surface area contributed by atoms with E-state index < -0.39 is 0 Å². The van der Waals surface area contributed by atoms with Crippen molar-refractivity contribution < 1.29 is 4.79 Å². The van der Waals surface area contributed by atoms with Crippen molar-refractivity contribution >= 4 is 5.91 Å². The quantitative estimate of drug-likeness (QED) is 0.720. The number of hydrogen-bond acceptors (Lipinski definition) is 1. The van der Waals surface area contributed by atoms with Gasteiger partial charge in [-0.05, 0) is 38.0 Å². The van der Waals surface area contributed by atoms with Gasteiger partial charge in [-0.15, -0.1) is 0 Å². The number of amides is 1. The summed E-state index contributed by atoms with van der Waals surface area (Å²) in [6.07, 6.45) is 8.46. The van der Waals surface area contributed by atoms with Gasteiger partial charge in [0.1, 0.15) is 0 Å². The van der Waals surface area contributed by atoms with Crippen LogP contribution in [0.25, 0.3) is 0 Å². The lowest BCUT2D eigenvalue weighted by molar-refractivity contribution is -0.125. The van der Waals surface area contributed by atoms with Crippen LogP contribution in [0.2, 0.25) is 0 Å². The van der Waals surface area contributed by atoms with Crippen LogP contribution in [0.1, 0.15) is 51.9 Å². The van der Waals surface area contributed by atoms with Crippen molar-refractivity contribution in [3.8, 4) is 0 Å². The minimum Gasteiger partial charge on any atom is -0.353 e. The Labute approximate surface area is 86.5 Å². The zero-order valence-corrected chi connectivity index (χ0v) is 9.09. The monoisotopic (exact) mass is 195 g/mol. The molecular weight excluding hydrogens is 174 g/mol. The van der Waals surface area contributed by atoms with Gasteiger partial charge in [0.05, 0.1) is 0 Å². The molecule has 0 aromatic rings. The second-order valence-corrected chi connectivity index (χ2v) is 5.11. The highest BCUT2D eigenvalue weighted by molar-refractivity contribution is 5.79. The van der Waals surface area contributed by atoms with E-state index in [1.54, 1.807) is 0 Å². The van der Waals surface area contributed by atoms with Crippen LogP contribution in [0.5, 0.6) is 0 Å². The molecule has 0 radical (unpaired) electrons. The number of carbonyl (C=O) groups is 1. The summed E-state index contributed by atoms with van der Waals surface area (Å²) in [5, 5.41) is 3.20. The highest BCUT2D eigenvalue weighted by Crippen LogP contribution is 2.30. The minimum absolute atomic E-state index is 0.325. The fourth-order valence-corrected chi connectivity index (χ4v) is 2.83. The molecule has 2 unspecified atom stereocenters. The molecule has 0 spiro atoms. The molecular formula is C12H21NO. The maximum Gasteiger partial charge on any atom is 0.223 e. The first-order valence-corrected chi connectivity index (χ1v) is 6.06. The molecule has 2 aliphatic rings. The molecule has 0 aromatic heterocycles. The SMILES string of the molecule is CC1CCC(C(=O)NC2CCCC2)C1. The van der Waals surface area contributed by atoms with Crippen LogP contribution in [-0.2, 0) is 4.79 Å². The maximum atomic E-state index is 11.8. The van der Waals surface area contributed by atoms with Crippen molar-refractivity contribution in [2.24, 2.45) is 11.8 Å². The Balaban J connectivity index is 1.77. The molecule has 2 fully saturated rings. The predicted octanol–water partition coefficient (Wildman–Crippen LogP) is 2.48. The minimum atomic E-state index is 0.325. The summed E-state index contributed by atoms with van der Waals surface area (Å²) in [6, 6.07) is 0.499. The molecule has 1 amide bonds. The largest absolute Gasteiger partial charge is 0.353 e. The third-order valence-corrected chi connectivity index (χ3v) is 3.77. The number of rotatable bonds is 2. The first kappa shape index (κ1) is 10.0. The van der Waals surface area contributed by atoms with Gasteiger partial charge in [-0.3, -0.25) is 4.79 Å². The molecule has 2 heteroatoms. The molecule has 14 heavy (non-hydrogen) atoms. The van der Waals surface area contributed by atoms with Gasteiger partial charge in [-0.1, -0.05) is 19.8 Å². The Morgan fingerprint density at radius 2 is 1.86 bits per heavy atom. The smallest absolute Gasteiger partial charge is 0.223 e. The summed E-state index contributed by atoms with van der Waals surface area (Å²) in [4.78, 5) is 11.8. The Bertz CT molecular complexity index is 208. The van der Waals surface area contributed by atoms with Crippen LogP contribution in [0.3, 0.4) is 0 Å². The number of hydrogen-bond donors (Lipinski definition) is 1. The van der Waals surface area contributed by atoms with E-state index in [0.717, 1.165) is 18.8 Å². The van der Waals surface area contributed by atoms with E-state index in [1.807, 2.05) is 0 Å². The lowest BCUT2D eigenvalue weighted by Gasteiger charge is -2.15. The van der Waals surface area contributed by atoms with Crippen molar-refractivity contribution in [3.63, 3.8) is 0 Å². The van der Waals surface area contributed by atoms with E-state index in [4.69, 9.17) is 0 Å². The molecule has 2 atom stereocenters. The van der Waals surface area contributed by atoms with Crippen LogP contribution in [0, 0.1) is 11.8 Å². The van der Waals surface area contributed by atoms with E-state index in [2.05, 4.69) is 12.2 Å². The topological polar surface area (TPSA) is 29.1 Å². The molecule has 80 valence electrons. The highest BCUT2D eigenvalue weighted by Gasteiger charge is 2.29. The van der Waals surface area contributed by atoms with Crippen molar-refractivity contribution in [2.75, 3.05) is 0 Å². The lowest BCUT2D eigenvalue weighted by atomic mass is 10.0. The van der Waals surface area contributed by atoms with Crippen molar-refractivity contribution in [2.45, 2.75) is 57.9 Å². The van der Waals surface area contributed by atoms with Gasteiger partial charge in [0, 0.05) is 12.0 Å². The average molecular weight is 195 g/mol. The van der Waals surface area contributed by atoms with Gasteiger partial charge in [-0.25, -0.2) is 0 Å². The Morgan fingerprint density at radius 1 is 1.14 bits per heavy atom. The maximum absolute atomic E-state index is 11.8. The van der Waals surface area contributed by atoms with Gasteiger partial charge in [0.2, 0.25) is 5.91 Å². The van der Waals surface area contributed by atoms with Gasteiger partial charge in [0.25, 0.3) is 0 Å². The van der Waals surface area contributed by atoms with Crippen molar-refractivity contribution in [3.05, 3.63) is 0 Å². The van der Waals surface area contributed by atoms with Crippen LogP contribution in [0.15, 0.2) is 0 Å². The summed E-state index contributed by atoms with van der Waals surface area (Å²) >= 11 is 0. The summed E-state index contributed by atoms with van der Waals surface area (Å²) in [5.41, 5.74) is 0. The van der Waals surface area contributed by atoms with Gasteiger partial charge < -0.3 is 5.32 Å². The molecule has 1 N–H and O–H groups in total. The van der Waals surface area contributed by atoms with E-state index in [-0.39, 0.29) is 0 Å². The Kier molecular flexibility index (Phi) is 3.09. The molecule has 0 aromatic carbocycles. The summed E-state index contributed by atoms with van der Waals surface area (Å²) in [5.74, 6) is 1.42. The molecule has 2 rings (SSSR count). The summed E-state index contributed by atoms with van der Waals surface area (Å²) in [6.45, 7) is 2.25. The third-order valence-electron chi connectivity index (χ3n) is 3.77. The fraction of sp³-hybridized carbons (Fsp3) is 0.917. The normalized spacial score (nSPS) is 33.5. The van der Waals surface area contributed by atoms with Crippen molar-refractivity contribution in [1.29, 1.82) is 0 Å². The number of carbonyl (C=O) groups excluding carboxylic acids is 1. The lowest BCUT2D eigenvalue weighted by Crippen LogP contribution is -2.36. The Hall–Kier alpha value is -0.530. The van der Waals surface area contributed by atoms with E-state index >= 15 is 0 Å². The first-order chi connectivity index (χ1) is 6.75. The molecule has 2 aliphatic carbocycles. The second-order valence-electron chi connectivity index (χ2n) is 5.11. The fourth-order valence-electron chi connectivity index (χ4n) is 2.83. The first-order valence-electron chi connectivity index (χ1n) is 6.06. The standard InChI is InChI=1S/C12H21NO/c1-9-6-7-10(8-9)12(14)13-11-4-2-3-5-11/h9-11H,2-8H2,1H3,(H,13,14). The van der Waals surface area contributed by atoms with Crippen molar-refractivity contribution in [1.82, 2.24) is 5.32 Å². The molecule has 2 nitrogen and oxygen atoms in total. The summed E-state index contributed by atoms with van der Waals surface area (Å²) < 4.78 is 0. The van der Waals surface area contributed by atoms with Crippen LogP contribution < -0.4 is 5.32 Å². The van der Waals surface area contributed by atoms with Gasteiger partial charge in [0.15, 0.2) is 0 Å². The third kappa shape index (κ3) is 2.28. The molecule has 0 aliphatic heterocycles. The van der Waals surface area contributed by atoms with Crippen LogP contribution in [-0.4, -0.2) is 11.9 Å². The second kappa shape index (κ2) is 4.33. The van der Waals surface area contributed by atoms with Crippen LogP contribution >= 0.6 is 0 Å². The molecule has 0 saturated heterocycles. The molecule has 2 saturated carbocycles. The molecule has 0 heterocycles. The summed E-state index contributed by atoms with van der Waals surface area (Å²) in [7, 11) is 0. The zero-order chi connectivity index (χ0) is 9.97. The van der Waals surface area contributed by atoms with Gasteiger partial charge in [-0.2, -0.15) is 0 Å². The van der Waals surface area contributed by atoms with E-state index in [9.17, 15) is 4.79 Å². The average Bonchev–Trinajstić information content (AvgIpc) is 2.75. The van der Waals surface area contributed by atoms with Crippen LogP contribution in [0.4, 0.5) is 0 Å². The van der Waals surface area contributed by atoms with E-state index in [1.165, 1.54) is 32.1 Å².